The summed E-state index contributed by atoms with van der Waals surface area (Å²) in [6.45, 7) is 7.27. The number of nitrogens with one attached hydrogen (secondary N) is 3. The van der Waals surface area contributed by atoms with Crippen molar-refractivity contribution in [2.75, 3.05) is 18.4 Å². The second kappa shape index (κ2) is 12.1. The number of carbonyl (C=O) groups excluding carboxylic acids is 3. The molecule has 0 aromatic heterocycles. The Hall–Kier alpha value is -4.66. The molecule has 0 aliphatic heterocycles. The Bertz CT molecular complexity index is 1400. The lowest BCUT2D eigenvalue weighted by molar-refractivity contribution is -0.111. The molecule has 4 N–H and O–H groups in total. The molecular formula is C29H31N3O6. The molecule has 0 heterocycles. The number of allylic oxidation sites excluding steroid dienone is 1. The number of aromatic carboxylic acids is 1. The number of hydrogen-bond acceptors (Lipinski definition) is 5. The maximum absolute atomic E-state index is 12.8. The van der Waals surface area contributed by atoms with Crippen LogP contribution in [0.4, 0.5) is 10.5 Å². The van der Waals surface area contributed by atoms with Crippen molar-refractivity contribution in [2.24, 2.45) is 0 Å². The number of carboxylic acid groups (broad SMARTS) is 1. The predicted molar refractivity (Wildman–Crippen MR) is 146 cm³/mol. The third-order valence-electron chi connectivity index (χ3n) is 5.40. The van der Waals surface area contributed by atoms with Crippen molar-refractivity contribution >= 4 is 45.9 Å². The lowest BCUT2D eigenvalue weighted by Crippen LogP contribution is -2.37. The van der Waals surface area contributed by atoms with Gasteiger partial charge < -0.3 is 25.8 Å². The number of carboxylic acids is 1. The van der Waals surface area contributed by atoms with Crippen LogP contribution in [0.5, 0.6) is 0 Å². The molecule has 3 amide bonds. The third kappa shape index (κ3) is 7.92. The highest BCUT2D eigenvalue weighted by atomic mass is 16.6. The molecule has 38 heavy (non-hydrogen) atoms. The number of anilines is 1. The summed E-state index contributed by atoms with van der Waals surface area (Å²) >= 11 is 0. The zero-order valence-electron chi connectivity index (χ0n) is 21.8. The van der Waals surface area contributed by atoms with Gasteiger partial charge in [-0.2, -0.15) is 0 Å². The number of carbonyl (C=O) groups is 4. The van der Waals surface area contributed by atoms with Crippen LogP contribution in [0.1, 0.15) is 54.0 Å². The fraction of sp³-hybridized carbons (Fsp3) is 0.241. The molecule has 198 valence electrons. The minimum Gasteiger partial charge on any atom is -0.478 e. The van der Waals surface area contributed by atoms with Crippen LogP contribution in [0.3, 0.4) is 0 Å². The van der Waals surface area contributed by atoms with E-state index >= 15 is 0 Å². The average molecular weight is 518 g/mol. The van der Waals surface area contributed by atoms with E-state index in [0.29, 0.717) is 5.57 Å². The van der Waals surface area contributed by atoms with E-state index < -0.39 is 29.5 Å². The molecule has 0 aliphatic carbocycles. The van der Waals surface area contributed by atoms with E-state index in [9.17, 15) is 24.3 Å². The summed E-state index contributed by atoms with van der Waals surface area (Å²) in [6, 6.07) is 17.6. The Kier molecular flexibility index (Phi) is 8.85. The number of ether oxygens (including phenoxy) is 1. The lowest BCUT2D eigenvalue weighted by atomic mass is 10.0. The van der Waals surface area contributed by atoms with Gasteiger partial charge in [0.05, 0.1) is 11.3 Å². The molecule has 0 bridgehead atoms. The van der Waals surface area contributed by atoms with Gasteiger partial charge in [-0.1, -0.05) is 36.4 Å². The molecule has 0 spiro atoms. The van der Waals surface area contributed by atoms with E-state index in [1.54, 1.807) is 27.7 Å². The van der Waals surface area contributed by atoms with Gasteiger partial charge in [0.15, 0.2) is 0 Å². The van der Waals surface area contributed by atoms with E-state index in [0.717, 1.165) is 16.3 Å². The van der Waals surface area contributed by atoms with Crippen LogP contribution < -0.4 is 16.0 Å². The molecule has 3 aromatic carbocycles. The van der Waals surface area contributed by atoms with E-state index in [-0.39, 0.29) is 29.9 Å². The maximum Gasteiger partial charge on any atom is 0.407 e. The highest BCUT2D eigenvalue weighted by molar-refractivity contribution is 6.08. The van der Waals surface area contributed by atoms with E-state index in [1.165, 1.54) is 24.3 Å². The Morgan fingerprint density at radius 1 is 0.868 bits per heavy atom. The van der Waals surface area contributed by atoms with Crippen molar-refractivity contribution in [3.05, 3.63) is 83.4 Å². The first-order chi connectivity index (χ1) is 17.9. The summed E-state index contributed by atoms with van der Waals surface area (Å²) in [6.07, 6.45) is 0.778. The van der Waals surface area contributed by atoms with Crippen molar-refractivity contribution in [2.45, 2.75) is 33.3 Å². The summed E-state index contributed by atoms with van der Waals surface area (Å²) in [5.74, 6) is -2.27. The molecule has 0 unspecified atom stereocenters. The summed E-state index contributed by atoms with van der Waals surface area (Å²) in [7, 11) is 0. The smallest absolute Gasteiger partial charge is 0.407 e. The van der Waals surface area contributed by atoms with Gasteiger partial charge in [-0.25, -0.2) is 9.59 Å². The number of amides is 3. The predicted octanol–water partition coefficient (Wildman–Crippen LogP) is 4.83. The van der Waals surface area contributed by atoms with Crippen molar-refractivity contribution < 1.29 is 29.0 Å². The van der Waals surface area contributed by atoms with Crippen LogP contribution in [-0.4, -0.2) is 47.7 Å². The zero-order chi connectivity index (χ0) is 27.9. The molecule has 0 radical (unpaired) electrons. The fourth-order valence-corrected chi connectivity index (χ4v) is 3.62. The van der Waals surface area contributed by atoms with Crippen LogP contribution in [0, 0.1) is 0 Å². The van der Waals surface area contributed by atoms with Crippen LogP contribution >= 0.6 is 0 Å². The number of hydrogen-bond donors (Lipinski definition) is 4. The standard InChI is InChI=1S/C29H31N3O6/c1-18(20-10-9-19-7-5-6-8-21(19)16-20)15-25(33)32-24-17-22(11-12-23(24)27(35)36)26(34)30-13-14-31-28(37)38-29(2,3)4/h5-12,15-17H,13-14H2,1-4H3,(H,30,34)(H,31,37)(H,32,33)(H,35,36)/b18-15-. The number of rotatable bonds is 8. The number of benzene rings is 3. The monoisotopic (exact) mass is 517 g/mol. The molecule has 9 heteroatoms. The Labute approximate surface area is 220 Å². The van der Waals surface area contributed by atoms with Gasteiger partial charge in [-0.15, -0.1) is 0 Å². The second-order valence-electron chi connectivity index (χ2n) is 9.63. The van der Waals surface area contributed by atoms with Crippen molar-refractivity contribution in [3.8, 4) is 0 Å². The molecule has 3 rings (SSSR count). The molecule has 0 saturated heterocycles. The summed E-state index contributed by atoms with van der Waals surface area (Å²) in [4.78, 5) is 48.7. The number of alkyl carbamates (subject to hydrolysis) is 1. The Morgan fingerprint density at radius 2 is 1.53 bits per heavy atom. The normalized spacial score (nSPS) is 11.5. The van der Waals surface area contributed by atoms with Gasteiger partial charge in [0.1, 0.15) is 5.60 Å². The van der Waals surface area contributed by atoms with Gasteiger partial charge in [0.2, 0.25) is 5.91 Å². The third-order valence-corrected chi connectivity index (χ3v) is 5.40. The molecule has 0 aliphatic rings. The quantitative estimate of drug-likeness (QED) is 0.250. The fourth-order valence-electron chi connectivity index (χ4n) is 3.62. The van der Waals surface area contributed by atoms with Crippen LogP contribution in [0.15, 0.2) is 66.7 Å². The SMILES string of the molecule is C/C(=C/C(=O)Nc1cc(C(=O)NCCNC(=O)OC(C)(C)C)ccc1C(=O)O)c1ccc2ccccc2c1. The minimum atomic E-state index is -1.25. The van der Waals surface area contributed by atoms with Crippen LogP contribution in [-0.2, 0) is 9.53 Å². The summed E-state index contributed by atoms with van der Waals surface area (Å²) in [5.41, 5.74) is 0.895. The summed E-state index contributed by atoms with van der Waals surface area (Å²) in [5, 5.41) is 19.4. The molecule has 3 aromatic rings. The van der Waals surface area contributed by atoms with Crippen LogP contribution in [0.2, 0.25) is 0 Å². The zero-order valence-corrected chi connectivity index (χ0v) is 21.8. The summed E-state index contributed by atoms with van der Waals surface area (Å²) < 4.78 is 5.13. The van der Waals surface area contributed by atoms with Crippen molar-refractivity contribution in [1.82, 2.24) is 10.6 Å². The highest BCUT2D eigenvalue weighted by Crippen LogP contribution is 2.22. The van der Waals surface area contributed by atoms with Gasteiger partial charge >= 0.3 is 12.1 Å². The molecule has 0 saturated carbocycles. The molecule has 0 atom stereocenters. The topological polar surface area (TPSA) is 134 Å². The molecule has 0 fully saturated rings. The number of fused-ring (bicyclic) bond motifs is 1. The van der Waals surface area contributed by atoms with E-state index in [4.69, 9.17) is 4.74 Å². The largest absolute Gasteiger partial charge is 0.478 e. The van der Waals surface area contributed by atoms with Crippen LogP contribution in [0.25, 0.3) is 16.3 Å². The van der Waals surface area contributed by atoms with Crippen molar-refractivity contribution in [3.63, 3.8) is 0 Å². The second-order valence-corrected chi connectivity index (χ2v) is 9.63. The van der Waals surface area contributed by atoms with Gasteiger partial charge in [0.25, 0.3) is 5.91 Å². The van der Waals surface area contributed by atoms with E-state index in [1.807, 2.05) is 42.5 Å². The first-order valence-electron chi connectivity index (χ1n) is 12.0. The average Bonchev–Trinajstić information content (AvgIpc) is 2.84. The molecular weight excluding hydrogens is 486 g/mol. The Balaban J connectivity index is 1.67. The molecule has 9 nitrogen and oxygen atoms in total. The van der Waals surface area contributed by atoms with Gasteiger partial charge in [0, 0.05) is 24.7 Å². The first-order valence-corrected chi connectivity index (χ1v) is 12.0. The lowest BCUT2D eigenvalue weighted by Gasteiger charge is -2.19. The highest BCUT2D eigenvalue weighted by Gasteiger charge is 2.17. The first kappa shape index (κ1) is 27.9. The van der Waals surface area contributed by atoms with Gasteiger partial charge in [-0.05, 0) is 73.9 Å². The Morgan fingerprint density at radius 3 is 2.21 bits per heavy atom. The van der Waals surface area contributed by atoms with Gasteiger partial charge in [-0.3, -0.25) is 9.59 Å². The minimum absolute atomic E-state index is 0.00964. The van der Waals surface area contributed by atoms with E-state index in [2.05, 4.69) is 16.0 Å². The maximum atomic E-state index is 12.8. The van der Waals surface area contributed by atoms with Crippen molar-refractivity contribution in [1.29, 1.82) is 0 Å².